The Hall–Kier alpha value is -1.57. The molecule has 2 atom stereocenters. The van der Waals surface area contributed by atoms with Crippen molar-refractivity contribution in [1.82, 2.24) is 4.90 Å². The summed E-state index contributed by atoms with van der Waals surface area (Å²) < 4.78 is 11.5. The molecule has 0 spiro atoms. The number of ether oxygens (including phenoxy) is 2. The van der Waals surface area contributed by atoms with Gasteiger partial charge in [0.25, 0.3) is 0 Å². The molecule has 2 aliphatic heterocycles. The topological polar surface area (TPSA) is 45.5 Å². The fourth-order valence-corrected chi connectivity index (χ4v) is 2.85. The molecular weight excluding hydrogens is 240 g/mol. The number of hydrogen-bond donors (Lipinski definition) is 0. The third kappa shape index (κ3) is 2.89. The van der Waals surface area contributed by atoms with E-state index in [1.807, 2.05) is 18.2 Å². The fourth-order valence-electron chi connectivity index (χ4n) is 2.85. The number of benzene rings is 1. The van der Waals surface area contributed by atoms with E-state index in [2.05, 4.69) is 11.0 Å². The highest BCUT2D eigenvalue weighted by Gasteiger charge is 2.33. The van der Waals surface area contributed by atoms with Gasteiger partial charge in [-0.25, -0.2) is 0 Å². The van der Waals surface area contributed by atoms with Crippen molar-refractivity contribution in [2.75, 3.05) is 26.2 Å². The van der Waals surface area contributed by atoms with Gasteiger partial charge in [-0.2, -0.15) is 5.26 Å². The first-order valence-electron chi connectivity index (χ1n) is 6.85. The third-order valence-corrected chi connectivity index (χ3v) is 3.79. The van der Waals surface area contributed by atoms with Gasteiger partial charge in [0.1, 0.15) is 18.4 Å². The largest absolute Gasteiger partial charge is 0.491 e. The van der Waals surface area contributed by atoms with Crippen molar-refractivity contribution >= 4 is 0 Å². The van der Waals surface area contributed by atoms with Crippen molar-refractivity contribution in [3.8, 4) is 11.8 Å². The van der Waals surface area contributed by atoms with Crippen molar-refractivity contribution in [3.63, 3.8) is 0 Å². The van der Waals surface area contributed by atoms with Crippen molar-refractivity contribution in [2.45, 2.75) is 25.0 Å². The van der Waals surface area contributed by atoms with Crippen LogP contribution in [0.15, 0.2) is 24.3 Å². The van der Waals surface area contributed by atoms with Gasteiger partial charge in [0, 0.05) is 19.6 Å². The molecule has 1 aromatic carbocycles. The van der Waals surface area contributed by atoms with E-state index in [1.165, 1.54) is 12.8 Å². The predicted octanol–water partition coefficient (Wildman–Crippen LogP) is 1.80. The highest BCUT2D eigenvalue weighted by molar-refractivity contribution is 5.42. The second-order valence-corrected chi connectivity index (χ2v) is 5.17. The zero-order chi connectivity index (χ0) is 13.1. The standard InChI is InChI=1S/C15H18N2O2/c16-9-12-3-1-2-4-15(12)18-8-7-17-10-13-5-6-14(11-17)19-13/h1-4,13-14H,5-8,10-11H2. The van der Waals surface area contributed by atoms with Gasteiger partial charge in [-0.15, -0.1) is 0 Å². The van der Waals surface area contributed by atoms with E-state index in [9.17, 15) is 0 Å². The Labute approximate surface area is 113 Å². The number of rotatable bonds is 4. The average molecular weight is 258 g/mol. The van der Waals surface area contributed by atoms with Crippen LogP contribution in [-0.4, -0.2) is 43.3 Å². The number of morpholine rings is 1. The molecule has 100 valence electrons. The van der Waals surface area contributed by atoms with E-state index in [0.717, 1.165) is 19.6 Å². The first kappa shape index (κ1) is 12.5. The van der Waals surface area contributed by atoms with Gasteiger partial charge in [-0.3, -0.25) is 4.90 Å². The zero-order valence-electron chi connectivity index (χ0n) is 10.9. The lowest BCUT2D eigenvalue weighted by Gasteiger charge is -2.31. The maximum atomic E-state index is 8.99. The lowest BCUT2D eigenvalue weighted by Crippen LogP contribution is -2.44. The Balaban J connectivity index is 1.49. The number of nitrogens with zero attached hydrogens (tertiary/aromatic N) is 2. The maximum Gasteiger partial charge on any atom is 0.137 e. The predicted molar refractivity (Wildman–Crippen MR) is 71.0 cm³/mol. The van der Waals surface area contributed by atoms with E-state index >= 15 is 0 Å². The Bertz CT molecular complexity index is 471. The Morgan fingerprint density at radius 1 is 1.26 bits per heavy atom. The quantitative estimate of drug-likeness (QED) is 0.826. The monoisotopic (exact) mass is 258 g/mol. The average Bonchev–Trinajstić information content (AvgIpc) is 2.78. The normalized spacial score (nSPS) is 26.1. The molecule has 2 unspecified atom stereocenters. The molecule has 1 aromatic rings. The third-order valence-electron chi connectivity index (χ3n) is 3.79. The summed E-state index contributed by atoms with van der Waals surface area (Å²) in [5, 5.41) is 8.99. The summed E-state index contributed by atoms with van der Waals surface area (Å²) in [6.07, 6.45) is 3.23. The minimum Gasteiger partial charge on any atom is -0.491 e. The second-order valence-electron chi connectivity index (χ2n) is 5.17. The molecule has 2 saturated heterocycles. The minimum atomic E-state index is 0.421. The number of likely N-dealkylation sites (tertiary alicyclic amines) is 1. The van der Waals surface area contributed by atoms with Crippen LogP contribution >= 0.6 is 0 Å². The van der Waals surface area contributed by atoms with Crippen LogP contribution in [0.1, 0.15) is 18.4 Å². The van der Waals surface area contributed by atoms with Crippen molar-refractivity contribution < 1.29 is 9.47 Å². The Morgan fingerprint density at radius 3 is 2.74 bits per heavy atom. The molecule has 0 aliphatic carbocycles. The molecule has 0 saturated carbocycles. The summed E-state index contributed by atoms with van der Waals surface area (Å²) in [7, 11) is 0. The van der Waals surface area contributed by atoms with Crippen LogP contribution in [0.2, 0.25) is 0 Å². The highest BCUT2D eigenvalue weighted by atomic mass is 16.5. The number of fused-ring (bicyclic) bond motifs is 2. The highest BCUT2D eigenvalue weighted by Crippen LogP contribution is 2.26. The van der Waals surface area contributed by atoms with Gasteiger partial charge in [0.2, 0.25) is 0 Å². The van der Waals surface area contributed by atoms with E-state index in [-0.39, 0.29) is 0 Å². The number of nitriles is 1. The van der Waals surface area contributed by atoms with Gasteiger partial charge < -0.3 is 9.47 Å². The van der Waals surface area contributed by atoms with Gasteiger partial charge in [0.15, 0.2) is 0 Å². The minimum absolute atomic E-state index is 0.421. The molecule has 0 N–H and O–H groups in total. The Morgan fingerprint density at radius 2 is 2.00 bits per heavy atom. The van der Waals surface area contributed by atoms with Crippen LogP contribution in [0.4, 0.5) is 0 Å². The summed E-state index contributed by atoms with van der Waals surface area (Å²) >= 11 is 0. The van der Waals surface area contributed by atoms with Crippen LogP contribution in [0.25, 0.3) is 0 Å². The zero-order valence-corrected chi connectivity index (χ0v) is 10.9. The van der Waals surface area contributed by atoms with E-state index in [4.69, 9.17) is 14.7 Å². The van der Waals surface area contributed by atoms with Gasteiger partial charge in [0.05, 0.1) is 17.8 Å². The number of hydrogen-bond acceptors (Lipinski definition) is 4. The summed E-state index contributed by atoms with van der Waals surface area (Å²) in [6.45, 7) is 3.55. The molecule has 2 fully saturated rings. The molecule has 4 heteroatoms. The lowest BCUT2D eigenvalue weighted by atomic mass is 10.2. The Kier molecular flexibility index (Phi) is 3.67. The van der Waals surface area contributed by atoms with Gasteiger partial charge in [-0.05, 0) is 25.0 Å². The summed E-state index contributed by atoms with van der Waals surface area (Å²) in [5.41, 5.74) is 0.601. The molecule has 4 nitrogen and oxygen atoms in total. The van der Waals surface area contributed by atoms with Crippen LogP contribution in [0, 0.1) is 11.3 Å². The van der Waals surface area contributed by atoms with Crippen LogP contribution in [0.5, 0.6) is 5.75 Å². The van der Waals surface area contributed by atoms with Gasteiger partial charge >= 0.3 is 0 Å². The molecule has 0 aromatic heterocycles. The smallest absolute Gasteiger partial charge is 0.137 e. The molecule has 19 heavy (non-hydrogen) atoms. The molecule has 2 bridgehead atoms. The van der Waals surface area contributed by atoms with Gasteiger partial charge in [-0.1, -0.05) is 12.1 Å². The van der Waals surface area contributed by atoms with E-state index in [0.29, 0.717) is 30.1 Å². The second kappa shape index (κ2) is 5.60. The SMILES string of the molecule is N#Cc1ccccc1OCCN1CC2CCC(C1)O2. The molecule has 0 amide bonds. The number of para-hydroxylation sites is 1. The van der Waals surface area contributed by atoms with E-state index in [1.54, 1.807) is 6.07 Å². The molecular formula is C15H18N2O2. The van der Waals surface area contributed by atoms with Crippen molar-refractivity contribution in [3.05, 3.63) is 29.8 Å². The first-order chi connectivity index (χ1) is 9.35. The summed E-state index contributed by atoms with van der Waals surface area (Å²) in [4.78, 5) is 2.40. The fraction of sp³-hybridized carbons (Fsp3) is 0.533. The van der Waals surface area contributed by atoms with Crippen LogP contribution < -0.4 is 4.74 Å². The molecule has 0 radical (unpaired) electrons. The van der Waals surface area contributed by atoms with Crippen LogP contribution in [-0.2, 0) is 4.74 Å². The van der Waals surface area contributed by atoms with E-state index < -0.39 is 0 Å². The molecule has 3 rings (SSSR count). The summed E-state index contributed by atoms with van der Waals surface area (Å²) in [6, 6.07) is 9.53. The maximum absolute atomic E-state index is 8.99. The van der Waals surface area contributed by atoms with Crippen LogP contribution in [0.3, 0.4) is 0 Å². The van der Waals surface area contributed by atoms with Crippen molar-refractivity contribution in [2.24, 2.45) is 0 Å². The molecule has 2 heterocycles. The molecule has 2 aliphatic rings. The lowest BCUT2D eigenvalue weighted by molar-refractivity contribution is -0.0409. The first-order valence-corrected chi connectivity index (χ1v) is 6.85. The summed E-state index contributed by atoms with van der Waals surface area (Å²) in [5.74, 6) is 0.682. The van der Waals surface area contributed by atoms with Crippen molar-refractivity contribution in [1.29, 1.82) is 5.26 Å².